The summed E-state index contributed by atoms with van der Waals surface area (Å²) < 4.78 is 73.5. The van der Waals surface area contributed by atoms with Crippen molar-refractivity contribution in [3.63, 3.8) is 0 Å². The summed E-state index contributed by atoms with van der Waals surface area (Å²) in [6.45, 7) is 0. The second kappa shape index (κ2) is 6.40. The van der Waals surface area contributed by atoms with E-state index < -0.39 is 49.7 Å². The summed E-state index contributed by atoms with van der Waals surface area (Å²) in [6.07, 6.45) is -0.929. The second-order valence-electron chi connectivity index (χ2n) is 6.46. The first-order valence-corrected chi connectivity index (χ1v) is 11.3. The van der Waals surface area contributed by atoms with Crippen LogP contribution in [0.2, 0.25) is 0 Å². The van der Waals surface area contributed by atoms with Crippen LogP contribution in [0, 0.1) is 3.57 Å². The molecular weight excluding hydrogens is 537 g/mol. The number of fused-ring (bicyclic) bond motifs is 4. The number of ether oxygens (including phenoxy) is 3. The van der Waals surface area contributed by atoms with E-state index >= 15 is 0 Å². The number of benzene rings is 1. The smallest absolute Gasteiger partial charge is 0.456 e. The Kier molecular flexibility index (Phi) is 4.60. The van der Waals surface area contributed by atoms with E-state index in [1.54, 1.807) is 18.2 Å². The average Bonchev–Trinajstić information content (AvgIpc) is 3.12. The third-order valence-electron chi connectivity index (χ3n) is 4.72. The molecule has 0 aromatic heterocycles. The fourth-order valence-electron chi connectivity index (χ4n) is 3.42. The maximum atomic E-state index is 13.4. The lowest BCUT2D eigenvalue weighted by Gasteiger charge is -2.41. The zero-order valence-corrected chi connectivity index (χ0v) is 17.4. The average molecular weight is 548 g/mol. The highest BCUT2D eigenvalue weighted by Crippen LogP contribution is 2.57. The van der Waals surface area contributed by atoms with Crippen molar-refractivity contribution in [3.8, 4) is 5.75 Å². The molecule has 152 valence electrons. The number of halogens is 3. The number of thioether (sulfide) groups is 1. The normalized spacial score (nSPS) is 31.3. The number of para-hydroxylation sites is 1. The van der Waals surface area contributed by atoms with Gasteiger partial charge in [-0.05, 0) is 34.7 Å². The molecule has 3 aliphatic heterocycles. The molecule has 3 aliphatic rings. The van der Waals surface area contributed by atoms with Gasteiger partial charge in [0.05, 0.1) is 8.82 Å². The maximum absolute atomic E-state index is 13.4. The van der Waals surface area contributed by atoms with E-state index in [-0.39, 0.29) is 18.4 Å². The molecule has 1 spiro atoms. The van der Waals surface area contributed by atoms with E-state index in [1.165, 1.54) is 11.8 Å². The summed E-state index contributed by atoms with van der Waals surface area (Å²) in [5, 5.41) is -6.09. The minimum absolute atomic E-state index is 0.0225. The largest absolute Gasteiger partial charge is 0.465 e. The van der Waals surface area contributed by atoms with E-state index in [2.05, 4.69) is 4.74 Å². The van der Waals surface area contributed by atoms with E-state index in [4.69, 9.17) is 14.0 Å². The molecule has 1 aromatic carbocycles. The van der Waals surface area contributed by atoms with Crippen LogP contribution >= 0.6 is 34.4 Å². The molecule has 2 saturated heterocycles. The van der Waals surface area contributed by atoms with Crippen molar-refractivity contribution in [3.05, 3.63) is 27.3 Å². The lowest BCUT2D eigenvalue weighted by atomic mass is 9.90. The number of rotatable bonds is 3. The van der Waals surface area contributed by atoms with Gasteiger partial charge in [0, 0.05) is 18.1 Å². The molecule has 0 saturated carbocycles. The van der Waals surface area contributed by atoms with E-state index in [0.29, 0.717) is 9.32 Å². The zero-order chi connectivity index (χ0) is 20.5. The molecule has 8 nitrogen and oxygen atoms in total. The summed E-state index contributed by atoms with van der Waals surface area (Å²) in [7, 11) is -5.94. The van der Waals surface area contributed by atoms with Crippen molar-refractivity contribution in [2.24, 2.45) is 0 Å². The van der Waals surface area contributed by atoms with Gasteiger partial charge < -0.3 is 14.2 Å². The van der Waals surface area contributed by atoms with Crippen LogP contribution in [0.4, 0.5) is 8.78 Å². The van der Waals surface area contributed by atoms with Crippen molar-refractivity contribution in [2.45, 2.75) is 40.5 Å². The Morgan fingerprint density at radius 3 is 2.71 bits per heavy atom. The van der Waals surface area contributed by atoms with Crippen LogP contribution in [0.25, 0.3) is 0 Å². The molecule has 1 aromatic rings. The van der Waals surface area contributed by atoms with Gasteiger partial charge in [0.15, 0.2) is 5.75 Å². The van der Waals surface area contributed by atoms with Crippen molar-refractivity contribution in [2.75, 3.05) is 0 Å². The Labute approximate surface area is 175 Å². The summed E-state index contributed by atoms with van der Waals surface area (Å²) in [5.74, 6) is -3.85. The van der Waals surface area contributed by atoms with Crippen molar-refractivity contribution in [1.82, 2.24) is 0 Å². The quantitative estimate of drug-likeness (QED) is 0.345. The predicted molar refractivity (Wildman–Crippen MR) is 98.7 cm³/mol. The molecule has 4 rings (SSSR count). The van der Waals surface area contributed by atoms with Crippen molar-refractivity contribution >= 4 is 56.4 Å². The Balaban J connectivity index is 1.52. The molecule has 13 heteroatoms. The molecule has 4 atom stereocenters. The lowest BCUT2D eigenvalue weighted by Crippen LogP contribution is -2.54. The van der Waals surface area contributed by atoms with Crippen LogP contribution in [0.3, 0.4) is 0 Å². The van der Waals surface area contributed by atoms with E-state index in [1.807, 2.05) is 22.6 Å². The van der Waals surface area contributed by atoms with Gasteiger partial charge in [-0.2, -0.15) is 17.2 Å². The highest BCUT2D eigenvalue weighted by molar-refractivity contribution is 14.1. The molecule has 1 N–H and O–H groups in total. The Morgan fingerprint density at radius 2 is 2.11 bits per heavy atom. The zero-order valence-electron chi connectivity index (χ0n) is 13.6. The molecule has 2 fully saturated rings. The predicted octanol–water partition coefficient (Wildman–Crippen LogP) is 2.21. The SMILES string of the molecule is O=C1OC2(CC3SC2CC3OC(=O)C(F)(F)S(=O)(=O)O)Oc2c(I)cccc21. The van der Waals surface area contributed by atoms with Gasteiger partial charge in [-0.15, -0.1) is 11.8 Å². The van der Waals surface area contributed by atoms with Gasteiger partial charge in [-0.3, -0.25) is 4.55 Å². The molecule has 0 radical (unpaired) electrons. The molecule has 0 aliphatic carbocycles. The number of alkyl halides is 2. The summed E-state index contributed by atoms with van der Waals surface area (Å²) in [4.78, 5) is 23.9. The lowest BCUT2D eigenvalue weighted by molar-refractivity contribution is -0.185. The summed E-state index contributed by atoms with van der Waals surface area (Å²) >= 11 is 3.27. The third-order valence-corrected chi connectivity index (χ3v) is 8.09. The number of carbonyl (C=O) groups excluding carboxylic acids is 2. The molecule has 4 unspecified atom stereocenters. The van der Waals surface area contributed by atoms with Gasteiger partial charge in [-0.25, -0.2) is 9.59 Å². The van der Waals surface area contributed by atoms with Gasteiger partial charge >= 0.3 is 27.3 Å². The van der Waals surface area contributed by atoms with Gasteiger partial charge in [0.2, 0.25) is 0 Å². The molecule has 28 heavy (non-hydrogen) atoms. The van der Waals surface area contributed by atoms with Crippen LogP contribution in [-0.2, 0) is 24.4 Å². The Hall–Kier alpha value is -1.19. The first-order chi connectivity index (χ1) is 12.9. The standard InChI is InChI=1S/C15H11F2IO8S2/c16-15(17,28(21,22)23)13(20)24-8-4-10-14(5-9(8)27-10)25-11-6(12(19)26-14)2-1-3-7(11)18/h1-3,8-10H,4-5H2,(H,21,22,23). The Bertz CT molecular complexity index is 984. The molecule has 3 heterocycles. The first-order valence-electron chi connectivity index (χ1n) is 7.87. The number of esters is 2. The number of hydrogen-bond acceptors (Lipinski definition) is 8. The minimum atomic E-state index is -5.94. The van der Waals surface area contributed by atoms with E-state index in [9.17, 15) is 26.8 Å². The summed E-state index contributed by atoms with van der Waals surface area (Å²) in [6, 6.07) is 5.01. The van der Waals surface area contributed by atoms with E-state index in [0.717, 1.165) is 0 Å². The Morgan fingerprint density at radius 1 is 1.39 bits per heavy atom. The highest BCUT2D eigenvalue weighted by atomic mass is 127. The molecule has 2 bridgehead atoms. The minimum Gasteiger partial charge on any atom is -0.456 e. The van der Waals surface area contributed by atoms with Gasteiger partial charge in [0.25, 0.3) is 5.79 Å². The van der Waals surface area contributed by atoms with Crippen LogP contribution in [0.15, 0.2) is 18.2 Å². The van der Waals surface area contributed by atoms with Gasteiger partial charge in [-0.1, -0.05) is 6.07 Å². The van der Waals surface area contributed by atoms with Crippen LogP contribution in [-0.4, -0.2) is 52.6 Å². The van der Waals surface area contributed by atoms with Crippen molar-refractivity contribution < 1.29 is 45.6 Å². The second-order valence-corrected chi connectivity index (χ2v) is 10.5. The van der Waals surface area contributed by atoms with Crippen LogP contribution in [0.5, 0.6) is 5.75 Å². The van der Waals surface area contributed by atoms with Crippen LogP contribution in [0.1, 0.15) is 23.2 Å². The third kappa shape index (κ3) is 2.97. The highest BCUT2D eigenvalue weighted by Gasteiger charge is 2.64. The fraction of sp³-hybridized carbons (Fsp3) is 0.467. The van der Waals surface area contributed by atoms with Crippen molar-refractivity contribution in [1.29, 1.82) is 0 Å². The number of carbonyl (C=O) groups is 2. The van der Waals surface area contributed by atoms with Gasteiger partial charge in [0.1, 0.15) is 11.7 Å². The molecular formula is C15H11F2IO8S2. The fourth-order valence-corrected chi connectivity index (χ4v) is 6.08. The molecule has 0 amide bonds. The van der Waals surface area contributed by atoms with Crippen LogP contribution < -0.4 is 4.74 Å². The topological polar surface area (TPSA) is 116 Å². The monoisotopic (exact) mass is 548 g/mol. The first kappa shape index (κ1) is 20.1. The number of hydrogen-bond donors (Lipinski definition) is 1. The maximum Gasteiger partial charge on any atom is 0.465 e. The summed E-state index contributed by atoms with van der Waals surface area (Å²) in [5.41, 5.74) is 0.279.